The molecule has 11 atom stereocenters. The molecular formula is C33H42O18. The van der Waals surface area contributed by atoms with Gasteiger partial charge in [0.05, 0.1) is 25.2 Å². The molecular weight excluding hydrogens is 684 g/mol. The molecule has 1 saturated carbocycles. The van der Waals surface area contributed by atoms with Crippen molar-refractivity contribution in [3.63, 3.8) is 0 Å². The molecule has 18 nitrogen and oxygen atoms in total. The minimum atomic E-state index is -2.34. The first-order chi connectivity index (χ1) is 24.0. The monoisotopic (exact) mass is 726 g/mol. The summed E-state index contributed by atoms with van der Waals surface area (Å²) in [5.41, 5.74) is -2.22. The van der Waals surface area contributed by atoms with Gasteiger partial charge >= 0.3 is 35.8 Å². The van der Waals surface area contributed by atoms with E-state index >= 15 is 0 Å². The summed E-state index contributed by atoms with van der Waals surface area (Å²) in [5.74, 6) is -6.62. The Morgan fingerprint density at radius 2 is 1.35 bits per heavy atom. The lowest BCUT2D eigenvalue weighted by Gasteiger charge is -2.47. The summed E-state index contributed by atoms with van der Waals surface area (Å²) in [6.45, 7) is 4.01. The second-order valence-electron chi connectivity index (χ2n) is 12.2. The minimum absolute atomic E-state index is 0.0654. The van der Waals surface area contributed by atoms with Gasteiger partial charge in [-0.1, -0.05) is 0 Å². The SMILES string of the molecule is COc1ccc(C(=O)O[C@H]2[C@@H]3CCO[C@@H](O[C@@H]4O[C@H](COC(C)=O)[C@@H](OC(C)=O)[C@H](OC(C)=O)[C@H]4OC(C)=O)[C@@H]3[C@](O)(COC(C)=O)[C@H]2O)cc1. The van der Waals surface area contributed by atoms with Gasteiger partial charge in [0.1, 0.15) is 42.9 Å². The molecule has 51 heavy (non-hydrogen) atoms. The molecule has 18 heteroatoms. The molecule has 1 aromatic carbocycles. The number of aliphatic hydroxyl groups is 2. The van der Waals surface area contributed by atoms with Crippen LogP contribution in [0.5, 0.6) is 5.75 Å². The second-order valence-corrected chi connectivity index (χ2v) is 12.2. The van der Waals surface area contributed by atoms with Gasteiger partial charge in [0.2, 0.25) is 6.29 Å². The highest BCUT2D eigenvalue weighted by atomic mass is 16.8. The van der Waals surface area contributed by atoms with Crippen molar-refractivity contribution in [3.8, 4) is 5.75 Å². The second kappa shape index (κ2) is 16.8. The van der Waals surface area contributed by atoms with Crippen LogP contribution in [-0.2, 0) is 66.6 Å². The van der Waals surface area contributed by atoms with Gasteiger partial charge in [-0.15, -0.1) is 0 Å². The molecule has 2 heterocycles. The maximum absolute atomic E-state index is 13.2. The number of benzene rings is 1. The highest BCUT2D eigenvalue weighted by Gasteiger charge is 2.66. The summed E-state index contributed by atoms with van der Waals surface area (Å²) in [6.07, 6.45) is -12.4. The Morgan fingerprint density at radius 1 is 0.765 bits per heavy atom. The summed E-state index contributed by atoms with van der Waals surface area (Å²) in [5, 5.41) is 23.6. The van der Waals surface area contributed by atoms with Gasteiger partial charge < -0.3 is 57.6 Å². The molecule has 282 valence electrons. The van der Waals surface area contributed by atoms with Crippen LogP contribution in [0.25, 0.3) is 0 Å². The Bertz CT molecular complexity index is 1450. The van der Waals surface area contributed by atoms with Crippen molar-refractivity contribution in [2.75, 3.05) is 26.9 Å². The molecule has 4 rings (SSSR count). The van der Waals surface area contributed by atoms with Crippen molar-refractivity contribution in [3.05, 3.63) is 29.8 Å². The third-order valence-electron chi connectivity index (χ3n) is 8.60. The zero-order valence-electron chi connectivity index (χ0n) is 28.8. The summed E-state index contributed by atoms with van der Waals surface area (Å²) in [7, 11) is 1.46. The van der Waals surface area contributed by atoms with Gasteiger partial charge in [-0.25, -0.2) is 4.79 Å². The molecule has 1 aromatic rings. The van der Waals surface area contributed by atoms with E-state index < -0.39 is 116 Å². The molecule has 0 bridgehead atoms. The first-order valence-electron chi connectivity index (χ1n) is 16.0. The molecule has 2 N–H and O–H groups in total. The number of aliphatic hydroxyl groups excluding tert-OH is 1. The summed E-state index contributed by atoms with van der Waals surface area (Å²) in [4.78, 5) is 73.5. The normalized spacial score (nSPS) is 32.8. The third-order valence-corrected chi connectivity index (χ3v) is 8.60. The molecule has 0 spiro atoms. The van der Waals surface area contributed by atoms with Crippen LogP contribution in [0.3, 0.4) is 0 Å². The standard InChI is InChI=1S/C33H42O18/c1-15(34)44-13-23-26(46-17(3)36)27(47-18(4)37)28(48-19(5)38)32(49-23)51-31-24-22(11-12-43-31)25(29(39)33(24,41)14-45-16(2)35)50-30(40)20-7-9-21(42-6)10-8-20/h7-10,22-29,31-32,39,41H,11-14H2,1-6H3/t22-,23-,24-,25+,26-,27+,28-,29+,31+,32+,33-/m1/s1. The van der Waals surface area contributed by atoms with Gasteiger partial charge in [-0.3, -0.25) is 24.0 Å². The highest BCUT2D eigenvalue weighted by Crippen LogP contribution is 2.50. The summed E-state index contributed by atoms with van der Waals surface area (Å²) < 4.78 is 55.6. The molecule has 0 aromatic heterocycles. The Hall–Kier alpha value is -4.36. The van der Waals surface area contributed by atoms with Crippen molar-refractivity contribution in [2.45, 2.75) is 95.8 Å². The molecule has 2 saturated heterocycles. The van der Waals surface area contributed by atoms with Crippen LogP contribution >= 0.6 is 0 Å². The Balaban J connectivity index is 1.71. The van der Waals surface area contributed by atoms with E-state index in [0.29, 0.717) is 5.75 Å². The molecule has 2 aliphatic heterocycles. The molecule has 3 aliphatic rings. The van der Waals surface area contributed by atoms with Crippen LogP contribution in [0.4, 0.5) is 0 Å². The van der Waals surface area contributed by atoms with E-state index in [-0.39, 0.29) is 18.6 Å². The predicted octanol–water partition coefficient (Wildman–Crippen LogP) is -0.0322. The fraction of sp³-hybridized carbons (Fsp3) is 0.636. The van der Waals surface area contributed by atoms with E-state index in [4.69, 9.17) is 47.4 Å². The van der Waals surface area contributed by atoms with Gasteiger partial charge in [0, 0.05) is 40.5 Å². The quantitative estimate of drug-likeness (QED) is 0.212. The molecule has 1 aliphatic carbocycles. The number of rotatable bonds is 12. The van der Waals surface area contributed by atoms with Crippen LogP contribution in [0.1, 0.15) is 51.4 Å². The van der Waals surface area contributed by atoms with Crippen LogP contribution in [-0.4, -0.2) is 128 Å². The number of esters is 6. The van der Waals surface area contributed by atoms with Crippen LogP contribution in [0.2, 0.25) is 0 Å². The molecule has 0 amide bonds. The molecule has 0 unspecified atom stereocenters. The number of hydrogen-bond acceptors (Lipinski definition) is 18. The lowest BCUT2D eigenvalue weighted by atomic mass is 9.82. The van der Waals surface area contributed by atoms with Gasteiger partial charge in [0.15, 0.2) is 24.6 Å². The summed E-state index contributed by atoms with van der Waals surface area (Å²) >= 11 is 0. The Morgan fingerprint density at radius 3 is 1.92 bits per heavy atom. The fourth-order valence-electron chi connectivity index (χ4n) is 6.52. The van der Waals surface area contributed by atoms with Crippen molar-refractivity contribution >= 4 is 35.8 Å². The predicted molar refractivity (Wildman–Crippen MR) is 164 cm³/mol. The van der Waals surface area contributed by atoms with E-state index in [1.54, 1.807) is 0 Å². The number of methoxy groups -OCH3 is 1. The zero-order valence-corrected chi connectivity index (χ0v) is 28.8. The van der Waals surface area contributed by atoms with E-state index in [0.717, 1.165) is 34.6 Å². The first kappa shape index (κ1) is 39.4. The van der Waals surface area contributed by atoms with Crippen LogP contribution < -0.4 is 4.74 Å². The number of carbonyl (C=O) groups excluding carboxylic acids is 6. The Kier molecular flexibility index (Phi) is 13.0. The highest BCUT2D eigenvalue weighted by molar-refractivity contribution is 5.89. The third kappa shape index (κ3) is 9.31. The maximum atomic E-state index is 13.2. The van der Waals surface area contributed by atoms with E-state index in [1.807, 2.05) is 0 Å². The van der Waals surface area contributed by atoms with Crippen molar-refractivity contribution in [1.82, 2.24) is 0 Å². The molecule has 3 fully saturated rings. The fourth-order valence-corrected chi connectivity index (χ4v) is 6.52. The van der Waals surface area contributed by atoms with Crippen LogP contribution in [0, 0.1) is 11.8 Å². The van der Waals surface area contributed by atoms with Crippen molar-refractivity contribution < 1.29 is 86.3 Å². The maximum Gasteiger partial charge on any atom is 0.338 e. The van der Waals surface area contributed by atoms with Crippen molar-refractivity contribution in [1.29, 1.82) is 0 Å². The number of carbonyl (C=O) groups is 6. The lowest BCUT2D eigenvalue weighted by Crippen LogP contribution is -2.64. The smallest absolute Gasteiger partial charge is 0.338 e. The average Bonchev–Trinajstić information content (AvgIpc) is 3.27. The average molecular weight is 727 g/mol. The van der Waals surface area contributed by atoms with Gasteiger partial charge in [0.25, 0.3) is 0 Å². The zero-order chi connectivity index (χ0) is 37.6. The topological polar surface area (TPSA) is 235 Å². The number of ether oxygens (including phenoxy) is 10. The lowest BCUT2D eigenvalue weighted by molar-refractivity contribution is -0.361. The molecule has 0 radical (unpaired) electrons. The Labute approximate surface area is 292 Å². The number of hydrogen-bond donors (Lipinski definition) is 2. The van der Waals surface area contributed by atoms with E-state index in [9.17, 15) is 39.0 Å². The van der Waals surface area contributed by atoms with Gasteiger partial charge in [-0.2, -0.15) is 0 Å². The van der Waals surface area contributed by atoms with E-state index in [2.05, 4.69) is 0 Å². The van der Waals surface area contributed by atoms with Crippen molar-refractivity contribution in [2.24, 2.45) is 11.8 Å². The summed E-state index contributed by atoms with van der Waals surface area (Å²) in [6, 6.07) is 5.97. The largest absolute Gasteiger partial charge is 0.497 e. The first-order valence-corrected chi connectivity index (χ1v) is 16.0. The minimum Gasteiger partial charge on any atom is -0.497 e. The number of fused-ring (bicyclic) bond motifs is 1. The van der Waals surface area contributed by atoms with E-state index in [1.165, 1.54) is 31.4 Å². The van der Waals surface area contributed by atoms with Gasteiger partial charge in [-0.05, 0) is 30.7 Å². The van der Waals surface area contributed by atoms with Crippen LogP contribution in [0.15, 0.2) is 24.3 Å².